The van der Waals surface area contributed by atoms with E-state index in [1.54, 1.807) is 0 Å². The number of benzene rings is 10. The highest BCUT2D eigenvalue weighted by molar-refractivity contribution is 6.05. The van der Waals surface area contributed by atoms with Crippen LogP contribution < -0.4 is 4.90 Å². The molecule has 0 N–H and O–H groups in total. The first-order valence-electron chi connectivity index (χ1n) is 22.7. The molecule has 1 atom stereocenters. The van der Waals surface area contributed by atoms with Gasteiger partial charge in [0.2, 0.25) is 0 Å². The zero-order valence-corrected chi connectivity index (χ0v) is 36.4. The summed E-state index contributed by atoms with van der Waals surface area (Å²) >= 11 is 0. The van der Waals surface area contributed by atoms with Gasteiger partial charge in [-0.05, 0) is 127 Å². The molecule has 11 rings (SSSR count). The zero-order chi connectivity index (χ0) is 43.0. The van der Waals surface area contributed by atoms with Crippen molar-refractivity contribution in [3.05, 3.63) is 270 Å². The number of para-hydroxylation sites is 1. The maximum atomic E-state index is 2.51. The van der Waals surface area contributed by atoms with Gasteiger partial charge in [-0.3, -0.25) is 0 Å². The summed E-state index contributed by atoms with van der Waals surface area (Å²) in [4.78, 5) is 2.48. The van der Waals surface area contributed by atoms with Crippen LogP contribution in [0.15, 0.2) is 237 Å². The first-order chi connectivity index (χ1) is 31.6. The molecule has 0 amide bonds. The Kier molecular flexibility index (Phi) is 10.1. The van der Waals surface area contributed by atoms with Gasteiger partial charge in [-0.25, -0.2) is 0 Å². The van der Waals surface area contributed by atoms with Gasteiger partial charge in [-0.15, -0.1) is 0 Å². The maximum Gasteiger partial charge on any atom is 0.0719 e. The van der Waals surface area contributed by atoms with Crippen LogP contribution in [0.4, 0.5) is 17.1 Å². The van der Waals surface area contributed by atoms with Crippen LogP contribution in [-0.2, 0) is 11.8 Å². The van der Waals surface area contributed by atoms with Gasteiger partial charge < -0.3 is 4.90 Å². The van der Waals surface area contributed by atoms with E-state index in [4.69, 9.17) is 0 Å². The maximum absolute atomic E-state index is 2.51. The Balaban J connectivity index is 1.14. The average molecular weight is 820 g/mol. The summed E-state index contributed by atoms with van der Waals surface area (Å²) in [7, 11) is 0. The largest absolute Gasteiger partial charge is 0.310 e. The van der Waals surface area contributed by atoms with E-state index in [0.717, 1.165) is 29.9 Å². The number of aryl methyl sites for hydroxylation is 2. The topological polar surface area (TPSA) is 3.24 Å². The number of hydrogen-bond acceptors (Lipinski definition) is 1. The monoisotopic (exact) mass is 819 g/mol. The van der Waals surface area contributed by atoms with Crippen LogP contribution in [0.25, 0.3) is 55.3 Å². The summed E-state index contributed by atoms with van der Waals surface area (Å²) in [6, 6.07) is 87.6. The Labute approximate surface area is 377 Å². The summed E-state index contributed by atoms with van der Waals surface area (Å²) in [6.07, 6.45) is 2.08. The number of hydrogen-bond donors (Lipinski definition) is 0. The third kappa shape index (κ3) is 6.47. The van der Waals surface area contributed by atoms with Crippen molar-refractivity contribution < 1.29 is 0 Å². The van der Waals surface area contributed by atoms with Crippen molar-refractivity contribution in [1.82, 2.24) is 0 Å². The molecule has 0 saturated carbocycles. The molecule has 0 aliphatic heterocycles. The van der Waals surface area contributed by atoms with Gasteiger partial charge in [0.05, 0.1) is 11.1 Å². The summed E-state index contributed by atoms with van der Waals surface area (Å²) < 4.78 is 0. The molecule has 306 valence electrons. The molecule has 1 unspecified atom stereocenters. The molecule has 1 aliphatic rings. The van der Waals surface area contributed by atoms with Crippen LogP contribution >= 0.6 is 0 Å². The highest BCUT2D eigenvalue weighted by atomic mass is 15.1. The highest BCUT2D eigenvalue weighted by Gasteiger charge is 2.48. The fraction of sp³-hybridized carbons (Fsp3) is 0.0794. The molecule has 1 heteroatoms. The predicted octanol–water partition coefficient (Wildman–Crippen LogP) is 16.9. The second-order valence-corrected chi connectivity index (χ2v) is 17.1. The lowest BCUT2D eigenvalue weighted by Gasteiger charge is -2.37. The Hall–Kier alpha value is -7.74. The molecular weight excluding hydrogens is 771 g/mol. The summed E-state index contributed by atoms with van der Waals surface area (Å²) in [5.41, 5.74) is 20.7. The summed E-state index contributed by atoms with van der Waals surface area (Å²) in [5, 5.41) is 2.50. The van der Waals surface area contributed by atoms with Crippen LogP contribution in [0.5, 0.6) is 0 Å². The fourth-order valence-corrected chi connectivity index (χ4v) is 10.7. The van der Waals surface area contributed by atoms with Crippen molar-refractivity contribution in [3.8, 4) is 44.5 Å². The molecule has 0 fully saturated rings. The lowest BCUT2D eigenvalue weighted by atomic mass is 9.65. The van der Waals surface area contributed by atoms with Crippen LogP contribution in [0.1, 0.15) is 46.7 Å². The van der Waals surface area contributed by atoms with E-state index in [1.807, 2.05) is 0 Å². The molecule has 0 heterocycles. The Morgan fingerprint density at radius 2 is 0.844 bits per heavy atom. The minimum Gasteiger partial charge on any atom is -0.310 e. The van der Waals surface area contributed by atoms with Crippen LogP contribution in [0, 0.1) is 6.92 Å². The van der Waals surface area contributed by atoms with Gasteiger partial charge in [-0.1, -0.05) is 220 Å². The van der Waals surface area contributed by atoms with E-state index in [9.17, 15) is 0 Å². The van der Waals surface area contributed by atoms with E-state index in [0.29, 0.717) is 0 Å². The Bertz CT molecular complexity index is 3290. The van der Waals surface area contributed by atoms with Crippen molar-refractivity contribution >= 4 is 27.8 Å². The van der Waals surface area contributed by atoms with Crippen molar-refractivity contribution in [1.29, 1.82) is 0 Å². The summed E-state index contributed by atoms with van der Waals surface area (Å²) in [5.74, 6) is 0. The lowest BCUT2D eigenvalue weighted by molar-refractivity contribution is 0.739. The average Bonchev–Trinajstić information content (AvgIpc) is 3.65. The molecule has 0 aromatic heterocycles. The Morgan fingerprint density at radius 1 is 0.359 bits per heavy atom. The molecular formula is C63H49N. The smallest absolute Gasteiger partial charge is 0.0719 e. The van der Waals surface area contributed by atoms with Gasteiger partial charge >= 0.3 is 0 Å². The van der Waals surface area contributed by atoms with E-state index in [2.05, 4.69) is 255 Å². The molecule has 0 radical (unpaired) electrons. The van der Waals surface area contributed by atoms with Crippen molar-refractivity contribution in [2.45, 2.75) is 32.1 Å². The van der Waals surface area contributed by atoms with E-state index in [1.165, 1.54) is 88.7 Å². The standard InChI is InChI=1S/C63H49N/c1-3-20-48-26-11-17-32-59(48)63(58-31-16-10-21-44(58)2)60-33-18-14-30-56(60)57-40-39-50(43-61(57)63)64(62-34-19-15-27-53(62)46-24-8-5-9-25-46)49-37-35-47(36-38-49)52-42-41-51(45-22-6-4-7-23-45)54-28-12-13-29-55(52)54/h4-19,21-43H,3,20H2,1-2H3. The minimum absolute atomic E-state index is 0.527. The molecule has 1 nitrogen and oxygen atoms in total. The van der Waals surface area contributed by atoms with E-state index in [-0.39, 0.29) is 0 Å². The molecule has 1 aliphatic carbocycles. The van der Waals surface area contributed by atoms with Gasteiger partial charge in [0.25, 0.3) is 0 Å². The number of nitrogens with zero attached hydrogens (tertiary/aromatic N) is 1. The molecule has 64 heavy (non-hydrogen) atoms. The van der Waals surface area contributed by atoms with E-state index >= 15 is 0 Å². The third-order valence-electron chi connectivity index (χ3n) is 13.5. The molecule has 10 aromatic rings. The van der Waals surface area contributed by atoms with Crippen LogP contribution in [0.3, 0.4) is 0 Å². The Morgan fingerprint density at radius 3 is 1.52 bits per heavy atom. The highest BCUT2D eigenvalue weighted by Crippen LogP contribution is 2.59. The molecule has 10 aromatic carbocycles. The van der Waals surface area contributed by atoms with Gasteiger partial charge in [0, 0.05) is 16.9 Å². The van der Waals surface area contributed by atoms with Gasteiger partial charge in [-0.2, -0.15) is 0 Å². The van der Waals surface area contributed by atoms with Crippen LogP contribution in [0.2, 0.25) is 0 Å². The minimum atomic E-state index is -0.527. The molecule has 0 bridgehead atoms. The first-order valence-corrected chi connectivity index (χ1v) is 22.7. The fourth-order valence-electron chi connectivity index (χ4n) is 10.7. The number of fused-ring (bicyclic) bond motifs is 4. The predicted molar refractivity (Wildman–Crippen MR) is 271 cm³/mol. The molecule has 0 spiro atoms. The molecule has 0 saturated heterocycles. The SMILES string of the molecule is CCCc1ccccc1C1(c2ccccc2C)c2ccccc2-c2ccc(N(c3ccc(-c4ccc(-c5ccccc5)c5ccccc45)cc3)c3ccccc3-c3ccccc3)cc21. The van der Waals surface area contributed by atoms with Gasteiger partial charge in [0.15, 0.2) is 0 Å². The van der Waals surface area contributed by atoms with Crippen molar-refractivity contribution in [2.24, 2.45) is 0 Å². The second-order valence-electron chi connectivity index (χ2n) is 17.1. The van der Waals surface area contributed by atoms with Crippen LogP contribution in [-0.4, -0.2) is 0 Å². The van der Waals surface area contributed by atoms with Gasteiger partial charge in [0.1, 0.15) is 0 Å². The van der Waals surface area contributed by atoms with Crippen molar-refractivity contribution in [2.75, 3.05) is 4.90 Å². The lowest BCUT2D eigenvalue weighted by Crippen LogP contribution is -2.31. The normalized spacial score (nSPS) is 14.0. The quantitative estimate of drug-likeness (QED) is 0.133. The number of anilines is 3. The first kappa shape index (κ1) is 39.1. The zero-order valence-electron chi connectivity index (χ0n) is 36.4. The number of rotatable bonds is 10. The van der Waals surface area contributed by atoms with E-state index < -0.39 is 5.41 Å². The second kappa shape index (κ2) is 16.5. The third-order valence-corrected chi connectivity index (χ3v) is 13.5. The summed E-state index contributed by atoms with van der Waals surface area (Å²) in [6.45, 7) is 4.58. The van der Waals surface area contributed by atoms with Crippen molar-refractivity contribution in [3.63, 3.8) is 0 Å².